The lowest BCUT2D eigenvalue weighted by atomic mass is 9.87. The number of anilines is 2. The number of para-hydroxylation sites is 1. The summed E-state index contributed by atoms with van der Waals surface area (Å²) in [5.41, 5.74) is 6.23. The summed E-state index contributed by atoms with van der Waals surface area (Å²) in [6, 6.07) is 9.98. The number of nitrogen functional groups attached to an aromatic ring is 1. The van der Waals surface area contributed by atoms with Gasteiger partial charge in [-0.2, -0.15) is 13.2 Å². The van der Waals surface area contributed by atoms with E-state index in [0.29, 0.717) is 45.6 Å². The van der Waals surface area contributed by atoms with Crippen molar-refractivity contribution in [2.24, 2.45) is 5.92 Å². The molecule has 2 aromatic carbocycles. The number of urea groups is 1. The molecule has 4 amide bonds. The number of alkyl halides is 3. The predicted octanol–water partition coefficient (Wildman–Crippen LogP) is 5.81. The second-order valence-corrected chi connectivity index (χ2v) is 14.2. The number of hydrogen-bond donors (Lipinski definition) is 3. The van der Waals surface area contributed by atoms with E-state index in [1.165, 1.54) is 6.07 Å². The second kappa shape index (κ2) is 14.2. The molecular weight excluding hydrogens is 645 g/mol. The van der Waals surface area contributed by atoms with Crippen molar-refractivity contribution in [2.45, 2.75) is 82.6 Å². The van der Waals surface area contributed by atoms with Crippen molar-refractivity contribution in [3.05, 3.63) is 58.1 Å². The average Bonchev–Trinajstić information content (AvgIpc) is 3.09. The summed E-state index contributed by atoms with van der Waals surface area (Å²) >= 11 is 6.20. The fourth-order valence-corrected chi connectivity index (χ4v) is 8.59. The van der Waals surface area contributed by atoms with Gasteiger partial charge in [-0.3, -0.25) is 9.28 Å². The van der Waals surface area contributed by atoms with Gasteiger partial charge in [0.15, 0.2) is 0 Å². The molecule has 6 rings (SSSR count). The molecular formula is C35H45ClF3N6O3+. The van der Waals surface area contributed by atoms with Crippen LogP contribution in [0.4, 0.5) is 29.3 Å². The van der Waals surface area contributed by atoms with E-state index in [1.807, 2.05) is 29.2 Å². The Bertz CT molecular complexity index is 1520. The van der Waals surface area contributed by atoms with Crippen molar-refractivity contribution in [3.63, 3.8) is 0 Å². The summed E-state index contributed by atoms with van der Waals surface area (Å²) in [6.07, 6.45) is 0.814. The topological polar surface area (TPSA) is 108 Å². The van der Waals surface area contributed by atoms with E-state index in [9.17, 15) is 27.6 Å². The van der Waals surface area contributed by atoms with Crippen molar-refractivity contribution >= 4 is 40.8 Å². The summed E-state index contributed by atoms with van der Waals surface area (Å²) in [6.45, 7) is 4.32. The first-order valence-electron chi connectivity index (χ1n) is 17.2. The number of nitrogens with two attached hydrogens (primary N) is 1. The Morgan fingerprint density at radius 2 is 1.71 bits per heavy atom. The van der Waals surface area contributed by atoms with E-state index >= 15 is 0 Å². The van der Waals surface area contributed by atoms with Gasteiger partial charge in [-0.1, -0.05) is 29.8 Å². The number of halogens is 4. The summed E-state index contributed by atoms with van der Waals surface area (Å²) in [5, 5.41) is 6.12. The standard InChI is InChI=1S/C35H44ClF3N6O3/c36-29-20-23(19-28(32(29)40)35(37,38)39)18-25(33(47)45(16-4-1-5-17-45)27-8-12-41-13-9-27)21-31(46)43-14-10-26(11-15-43)44-22-24-6-2-3-7-30(24)42-34(44)48/h2-3,6-7,19-20,25-27,41H,1,4-5,8-18,21-22,40H2/p+1. The normalized spacial score (nSPS) is 21.4. The lowest BCUT2D eigenvalue weighted by Gasteiger charge is -2.48. The molecule has 3 saturated heterocycles. The first kappa shape index (κ1) is 34.5. The van der Waals surface area contributed by atoms with Crippen LogP contribution in [0.15, 0.2) is 36.4 Å². The number of piperidine rings is 3. The van der Waals surface area contributed by atoms with Gasteiger partial charge < -0.3 is 26.2 Å². The molecule has 4 aliphatic rings. The third-order valence-electron chi connectivity index (χ3n) is 10.9. The number of amides is 4. The van der Waals surface area contributed by atoms with E-state index in [4.69, 9.17) is 17.3 Å². The fraction of sp³-hybridized carbons (Fsp3) is 0.571. The number of nitrogens with one attached hydrogen (secondary N) is 2. The average molecular weight is 690 g/mol. The van der Waals surface area contributed by atoms with Crippen LogP contribution in [0, 0.1) is 5.92 Å². The van der Waals surface area contributed by atoms with Crippen molar-refractivity contribution in [1.29, 1.82) is 0 Å². The summed E-state index contributed by atoms with van der Waals surface area (Å²) in [4.78, 5) is 45.3. The molecule has 13 heteroatoms. The number of carbonyl (C=O) groups is 3. The summed E-state index contributed by atoms with van der Waals surface area (Å²) < 4.78 is 42.0. The van der Waals surface area contributed by atoms with Gasteiger partial charge in [0.1, 0.15) is 0 Å². The molecule has 4 aliphatic heterocycles. The molecule has 0 spiro atoms. The number of nitrogens with zero attached hydrogens (tertiary/aromatic N) is 3. The Kier molecular flexibility index (Phi) is 10.2. The first-order chi connectivity index (χ1) is 23.0. The maximum Gasteiger partial charge on any atom is 0.418 e. The Labute approximate surface area is 284 Å². The number of likely N-dealkylation sites (tertiary alicyclic amines) is 2. The van der Waals surface area contributed by atoms with Gasteiger partial charge in [0, 0.05) is 63.7 Å². The van der Waals surface area contributed by atoms with Crippen LogP contribution in [0.1, 0.15) is 68.1 Å². The highest BCUT2D eigenvalue weighted by Crippen LogP contribution is 2.39. The molecule has 0 saturated carbocycles. The zero-order valence-corrected chi connectivity index (χ0v) is 27.9. The lowest BCUT2D eigenvalue weighted by Crippen LogP contribution is -2.65. The van der Waals surface area contributed by atoms with E-state index in [2.05, 4.69) is 10.6 Å². The Hall–Kier alpha value is -3.35. The Balaban J connectivity index is 1.22. The summed E-state index contributed by atoms with van der Waals surface area (Å²) in [5.74, 6) is -1.08. The quantitative estimate of drug-likeness (QED) is 0.252. The molecule has 0 bridgehead atoms. The fourth-order valence-electron chi connectivity index (χ4n) is 8.35. The first-order valence-corrected chi connectivity index (χ1v) is 17.5. The molecule has 4 N–H and O–H groups in total. The predicted molar refractivity (Wildman–Crippen MR) is 178 cm³/mol. The highest BCUT2D eigenvalue weighted by Gasteiger charge is 2.49. The number of carbonyl (C=O) groups excluding carboxylic acids is 3. The Morgan fingerprint density at radius 3 is 2.40 bits per heavy atom. The molecule has 0 aliphatic carbocycles. The van der Waals surface area contributed by atoms with Crippen LogP contribution < -0.4 is 16.4 Å². The number of rotatable bonds is 7. The highest BCUT2D eigenvalue weighted by atomic mass is 35.5. The zero-order valence-electron chi connectivity index (χ0n) is 27.2. The third kappa shape index (κ3) is 7.16. The van der Waals surface area contributed by atoms with Crippen LogP contribution in [0.2, 0.25) is 5.02 Å². The molecule has 2 aromatic rings. The number of benzene rings is 2. The van der Waals surface area contributed by atoms with Crippen LogP contribution in [0.25, 0.3) is 0 Å². The minimum atomic E-state index is -4.72. The van der Waals surface area contributed by atoms with E-state index in [-0.39, 0.29) is 57.8 Å². The van der Waals surface area contributed by atoms with E-state index in [1.54, 1.807) is 4.90 Å². The monoisotopic (exact) mass is 689 g/mol. The van der Waals surface area contributed by atoms with E-state index in [0.717, 1.165) is 62.5 Å². The molecule has 0 aromatic heterocycles. The van der Waals surface area contributed by atoms with Crippen LogP contribution >= 0.6 is 11.6 Å². The van der Waals surface area contributed by atoms with Crippen molar-refractivity contribution in [3.8, 4) is 0 Å². The zero-order chi connectivity index (χ0) is 34.1. The number of hydrogen-bond acceptors (Lipinski definition) is 5. The molecule has 1 unspecified atom stereocenters. The molecule has 1 atom stereocenters. The Morgan fingerprint density at radius 1 is 1.02 bits per heavy atom. The molecule has 48 heavy (non-hydrogen) atoms. The molecule has 0 radical (unpaired) electrons. The third-order valence-corrected chi connectivity index (χ3v) is 11.2. The van der Waals surface area contributed by atoms with Crippen LogP contribution in [-0.4, -0.2) is 83.5 Å². The van der Waals surface area contributed by atoms with Crippen molar-refractivity contribution in [2.75, 3.05) is 50.3 Å². The van der Waals surface area contributed by atoms with Crippen LogP contribution in [0.5, 0.6) is 0 Å². The molecule has 260 valence electrons. The second-order valence-electron chi connectivity index (χ2n) is 13.8. The minimum absolute atomic E-state index is 0.0392. The van der Waals surface area contributed by atoms with Crippen LogP contribution in [0.3, 0.4) is 0 Å². The van der Waals surface area contributed by atoms with Crippen molar-refractivity contribution in [1.82, 2.24) is 15.1 Å². The molecule has 3 fully saturated rings. The van der Waals surface area contributed by atoms with Gasteiger partial charge in [0.2, 0.25) is 5.91 Å². The van der Waals surface area contributed by atoms with Gasteiger partial charge in [-0.25, -0.2) is 9.59 Å². The van der Waals surface area contributed by atoms with Gasteiger partial charge in [-0.05, 0) is 67.9 Å². The maximum atomic E-state index is 14.8. The highest BCUT2D eigenvalue weighted by molar-refractivity contribution is 6.33. The molecule has 9 nitrogen and oxygen atoms in total. The number of quaternary nitrogens is 1. The van der Waals surface area contributed by atoms with Gasteiger partial charge in [0.25, 0.3) is 0 Å². The molecule has 4 heterocycles. The van der Waals surface area contributed by atoms with Gasteiger partial charge in [0.05, 0.1) is 41.3 Å². The maximum absolute atomic E-state index is 14.8. The number of fused-ring (bicyclic) bond motifs is 1. The van der Waals surface area contributed by atoms with E-state index < -0.39 is 23.3 Å². The smallest absolute Gasteiger partial charge is 0.397 e. The lowest BCUT2D eigenvalue weighted by molar-refractivity contribution is -0.887. The van der Waals surface area contributed by atoms with Gasteiger partial charge >= 0.3 is 18.1 Å². The van der Waals surface area contributed by atoms with Gasteiger partial charge in [-0.15, -0.1) is 0 Å². The minimum Gasteiger partial charge on any atom is -0.397 e. The SMILES string of the molecule is Nc1c(Cl)cc(CC(CC(=O)N2CCC(N3Cc4ccccc4NC3=O)CC2)C(=O)[N+]2(C3CCNCC3)CCCCC2)cc1C(F)(F)F. The summed E-state index contributed by atoms with van der Waals surface area (Å²) in [7, 11) is 0. The van der Waals surface area contributed by atoms with Crippen molar-refractivity contribution < 1.29 is 32.0 Å². The largest absolute Gasteiger partial charge is 0.418 e. The van der Waals surface area contributed by atoms with Crippen LogP contribution in [-0.2, 0) is 28.7 Å².